The maximum absolute atomic E-state index is 13.9. The average Bonchev–Trinajstić information content (AvgIpc) is 3.07. The van der Waals surface area contributed by atoms with E-state index in [1.165, 1.54) is 24.5 Å². The Labute approximate surface area is 154 Å². The number of nitrogens with zero attached hydrogens (tertiary/aromatic N) is 2. The van der Waals surface area contributed by atoms with Gasteiger partial charge in [-0.3, -0.25) is 9.78 Å². The third-order valence-electron chi connectivity index (χ3n) is 4.36. The van der Waals surface area contributed by atoms with Crippen LogP contribution in [0.5, 0.6) is 0 Å². The van der Waals surface area contributed by atoms with E-state index in [9.17, 15) is 13.6 Å². The number of nitrogens with one attached hydrogen (secondary N) is 2. The molecule has 8 heteroatoms. The predicted octanol–water partition coefficient (Wildman–Crippen LogP) is 4.38. The van der Waals surface area contributed by atoms with E-state index in [2.05, 4.69) is 19.9 Å². The summed E-state index contributed by atoms with van der Waals surface area (Å²) in [6, 6.07) is 7.55. The number of H-pyrrole nitrogens is 2. The number of hydrogen-bond acceptors (Lipinski definition) is 4. The molecule has 0 aliphatic rings. The number of rotatable bonds is 2. The summed E-state index contributed by atoms with van der Waals surface area (Å²) in [6.45, 7) is 0. The summed E-state index contributed by atoms with van der Waals surface area (Å²) in [5.41, 5.74) is 0.932. The Hall–Kier alpha value is -3.26. The number of fused-ring (bicyclic) bond motifs is 6. The molecule has 0 fully saturated rings. The van der Waals surface area contributed by atoms with Crippen molar-refractivity contribution in [3.8, 4) is 0 Å². The van der Waals surface area contributed by atoms with E-state index >= 15 is 0 Å². The Bertz CT molecular complexity index is 1410. The van der Waals surface area contributed by atoms with Gasteiger partial charge in [-0.2, -0.15) is 0 Å². The van der Waals surface area contributed by atoms with Gasteiger partial charge in [-0.1, -0.05) is 0 Å². The first-order chi connectivity index (χ1) is 13.1. The second-order valence-corrected chi connectivity index (χ2v) is 6.99. The van der Waals surface area contributed by atoms with E-state index in [1.807, 2.05) is 0 Å². The lowest BCUT2D eigenvalue weighted by atomic mass is 10.0. The molecule has 0 saturated carbocycles. The van der Waals surface area contributed by atoms with Gasteiger partial charge >= 0.3 is 0 Å². The summed E-state index contributed by atoms with van der Waals surface area (Å²) in [7, 11) is 0. The molecule has 5 aromatic rings. The minimum atomic E-state index is -0.448. The average molecular weight is 380 g/mol. The van der Waals surface area contributed by atoms with Crippen molar-refractivity contribution in [3.05, 3.63) is 70.9 Å². The number of hydrogen-bond donors (Lipinski definition) is 2. The number of aromatic nitrogens is 4. The molecule has 5 rings (SSSR count). The van der Waals surface area contributed by atoms with Crippen LogP contribution in [0.4, 0.5) is 8.78 Å². The molecular weight excluding hydrogens is 370 g/mol. The summed E-state index contributed by atoms with van der Waals surface area (Å²) in [5.74, 6) is -0.883. The highest BCUT2D eigenvalue weighted by molar-refractivity contribution is 7.99. The standard InChI is InChI=1S/C19H10F2N4OS/c20-9-1-2-10-12(7-9)15-11(3-6-23-18(15)26)17-16(10)24-19(25-17)27-14-4-5-22-8-13(14)21/h1-8H,(H,23,26)(H,24,25). The Morgan fingerprint density at radius 1 is 1.04 bits per heavy atom. The van der Waals surface area contributed by atoms with E-state index in [1.54, 1.807) is 18.2 Å². The van der Waals surface area contributed by atoms with Gasteiger partial charge in [0.25, 0.3) is 5.56 Å². The lowest BCUT2D eigenvalue weighted by Gasteiger charge is -2.05. The molecule has 2 aromatic carbocycles. The topological polar surface area (TPSA) is 74.4 Å². The van der Waals surface area contributed by atoms with Crippen LogP contribution in [0.25, 0.3) is 32.6 Å². The molecule has 5 nitrogen and oxygen atoms in total. The molecule has 0 spiro atoms. The fourth-order valence-electron chi connectivity index (χ4n) is 3.22. The molecule has 0 atom stereocenters. The van der Waals surface area contributed by atoms with Gasteiger partial charge < -0.3 is 9.97 Å². The van der Waals surface area contributed by atoms with Crippen molar-refractivity contribution in [1.29, 1.82) is 0 Å². The van der Waals surface area contributed by atoms with Crippen LogP contribution in [0, 0.1) is 11.6 Å². The molecule has 0 aliphatic carbocycles. The summed E-state index contributed by atoms with van der Waals surface area (Å²) in [4.78, 5) is 26.9. The van der Waals surface area contributed by atoms with Crippen LogP contribution >= 0.6 is 11.8 Å². The number of pyridine rings is 2. The lowest BCUT2D eigenvalue weighted by Crippen LogP contribution is -2.05. The Morgan fingerprint density at radius 2 is 1.93 bits per heavy atom. The van der Waals surface area contributed by atoms with Crippen molar-refractivity contribution >= 4 is 44.3 Å². The quantitative estimate of drug-likeness (QED) is 0.446. The third kappa shape index (κ3) is 2.48. The van der Waals surface area contributed by atoms with Gasteiger partial charge in [0.2, 0.25) is 0 Å². The van der Waals surface area contributed by atoms with Crippen LogP contribution in [-0.4, -0.2) is 19.9 Å². The zero-order valence-electron chi connectivity index (χ0n) is 13.6. The molecule has 0 amide bonds. The molecular formula is C19H10F2N4OS. The SMILES string of the molecule is O=c1[nH]ccc2c3[nH]c(Sc4ccncc4F)nc3c3ccc(F)cc3c12. The minimum Gasteiger partial charge on any atom is -0.332 e. The molecule has 3 aromatic heterocycles. The largest absolute Gasteiger partial charge is 0.332 e. The summed E-state index contributed by atoms with van der Waals surface area (Å²) < 4.78 is 27.8. The molecule has 132 valence electrons. The summed E-state index contributed by atoms with van der Waals surface area (Å²) in [5, 5.41) is 2.61. The smallest absolute Gasteiger partial charge is 0.256 e. The minimum absolute atomic E-state index is 0.311. The molecule has 0 radical (unpaired) electrons. The second-order valence-electron chi connectivity index (χ2n) is 5.96. The fourth-order valence-corrected chi connectivity index (χ4v) is 4.00. The number of imidazole rings is 1. The highest BCUT2D eigenvalue weighted by atomic mass is 32.2. The van der Waals surface area contributed by atoms with Gasteiger partial charge in [-0.25, -0.2) is 13.8 Å². The molecule has 0 unspecified atom stereocenters. The monoisotopic (exact) mass is 380 g/mol. The van der Waals surface area contributed by atoms with Crippen molar-refractivity contribution < 1.29 is 8.78 Å². The maximum atomic E-state index is 13.9. The Balaban J connectivity index is 1.85. The van der Waals surface area contributed by atoms with E-state index in [0.717, 1.165) is 18.0 Å². The molecule has 0 bridgehead atoms. The van der Waals surface area contributed by atoms with Gasteiger partial charge in [0.1, 0.15) is 5.82 Å². The fraction of sp³-hybridized carbons (Fsp3) is 0. The third-order valence-corrected chi connectivity index (χ3v) is 5.30. The van der Waals surface area contributed by atoms with Crippen molar-refractivity contribution in [3.63, 3.8) is 0 Å². The number of aromatic amines is 2. The van der Waals surface area contributed by atoms with Crippen LogP contribution in [0.15, 0.2) is 63.8 Å². The van der Waals surface area contributed by atoms with Crippen LogP contribution in [0.3, 0.4) is 0 Å². The van der Waals surface area contributed by atoms with Gasteiger partial charge in [-0.15, -0.1) is 0 Å². The van der Waals surface area contributed by atoms with Gasteiger partial charge in [0, 0.05) is 28.6 Å². The zero-order valence-corrected chi connectivity index (χ0v) is 14.4. The Kier molecular flexibility index (Phi) is 3.48. The van der Waals surface area contributed by atoms with Gasteiger partial charge in [-0.05, 0) is 42.1 Å². The van der Waals surface area contributed by atoms with Gasteiger partial charge in [0.15, 0.2) is 11.0 Å². The van der Waals surface area contributed by atoms with E-state index in [0.29, 0.717) is 42.6 Å². The van der Waals surface area contributed by atoms with Crippen LogP contribution in [0.2, 0.25) is 0 Å². The molecule has 0 aliphatic heterocycles. The lowest BCUT2D eigenvalue weighted by molar-refractivity contribution is 0.595. The van der Waals surface area contributed by atoms with Crippen LogP contribution in [-0.2, 0) is 0 Å². The van der Waals surface area contributed by atoms with E-state index < -0.39 is 11.6 Å². The zero-order chi connectivity index (χ0) is 18.5. The summed E-state index contributed by atoms with van der Waals surface area (Å²) in [6.07, 6.45) is 4.17. The molecule has 0 saturated heterocycles. The van der Waals surface area contributed by atoms with Crippen molar-refractivity contribution in [2.75, 3.05) is 0 Å². The normalized spacial score (nSPS) is 11.6. The van der Waals surface area contributed by atoms with Crippen molar-refractivity contribution in [2.45, 2.75) is 10.1 Å². The van der Waals surface area contributed by atoms with Crippen molar-refractivity contribution in [2.24, 2.45) is 0 Å². The van der Waals surface area contributed by atoms with E-state index in [4.69, 9.17) is 0 Å². The first-order valence-corrected chi connectivity index (χ1v) is 8.83. The van der Waals surface area contributed by atoms with Crippen molar-refractivity contribution in [1.82, 2.24) is 19.9 Å². The highest BCUT2D eigenvalue weighted by Gasteiger charge is 2.16. The highest BCUT2D eigenvalue weighted by Crippen LogP contribution is 2.35. The van der Waals surface area contributed by atoms with Crippen LogP contribution in [0.1, 0.15) is 0 Å². The first kappa shape index (κ1) is 16.0. The number of halogens is 2. The molecule has 2 N–H and O–H groups in total. The first-order valence-electron chi connectivity index (χ1n) is 8.01. The molecule has 27 heavy (non-hydrogen) atoms. The van der Waals surface area contributed by atoms with Crippen LogP contribution < -0.4 is 5.56 Å². The summed E-state index contributed by atoms with van der Waals surface area (Å²) >= 11 is 1.12. The van der Waals surface area contributed by atoms with E-state index in [-0.39, 0.29) is 5.56 Å². The predicted molar refractivity (Wildman–Crippen MR) is 100 cm³/mol. The maximum Gasteiger partial charge on any atom is 0.256 e. The Morgan fingerprint density at radius 3 is 2.78 bits per heavy atom. The number of benzene rings is 2. The second kappa shape index (κ2) is 5.88. The molecule has 3 heterocycles. The van der Waals surface area contributed by atoms with Gasteiger partial charge in [0.05, 0.1) is 27.5 Å².